The van der Waals surface area contributed by atoms with Gasteiger partial charge in [-0.15, -0.1) is 0 Å². The van der Waals surface area contributed by atoms with Gasteiger partial charge in [0.25, 0.3) is 0 Å². The van der Waals surface area contributed by atoms with Crippen molar-refractivity contribution in [3.63, 3.8) is 0 Å². The first kappa shape index (κ1) is 32.7. The van der Waals surface area contributed by atoms with Crippen LogP contribution in [0.3, 0.4) is 0 Å². The maximum Gasteiger partial charge on any atom is 0.407 e. The van der Waals surface area contributed by atoms with Crippen molar-refractivity contribution in [3.05, 3.63) is 96.1 Å². The van der Waals surface area contributed by atoms with Crippen molar-refractivity contribution >= 4 is 23.6 Å². The fourth-order valence-corrected chi connectivity index (χ4v) is 6.09. The average Bonchev–Trinajstić information content (AvgIpc) is 3.04. The highest BCUT2D eigenvalue weighted by Gasteiger charge is 2.31. The van der Waals surface area contributed by atoms with Crippen LogP contribution >= 0.6 is 0 Å². The van der Waals surface area contributed by atoms with Gasteiger partial charge in [-0.2, -0.15) is 0 Å². The third-order valence-corrected chi connectivity index (χ3v) is 8.42. The zero-order valence-corrected chi connectivity index (χ0v) is 25.6. The average molecular weight is 602 g/mol. The van der Waals surface area contributed by atoms with E-state index in [9.17, 15) is 14.7 Å². The van der Waals surface area contributed by atoms with Gasteiger partial charge in [0.15, 0.2) is 0 Å². The van der Waals surface area contributed by atoms with E-state index < -0.39 is 12.2 Å². The molecule has 9 nitrogen and oxygen atoms in total. The molecule has 0 saturated carbocycles. The number of nitrogens with two attached hydrogens (primary N) is 1. The van der Waals surface area contributed by atoms with E-state index in [-0.39, 0.29) is 12.1 Å². The molecule has 2 saturated heterocycles. The van der Waals surface area contributed by atoms with Gasteiger partial charge in [-0.1, -0.05) is 72.8 Å². The predicted octanol–water partition coefficient (Wildman–Crippen LogP) is 6.82. The van der Waals surface area contributed by atoms with Gasteiger partial charge in [0.2, 0.25) is 0 Å². The highest BCUT2D eigenvalue weighted by atomic mass is 16.4. The van der Waals surface area contributed by atoms with Crippen LogP contribution in [0.1, 0.15) is 56.1 Å². The molecule has 236 valence electrons. The van der Waals surface area contributed by atoms with Gasteiger partial charge in [0, 0.05) is 44.8 Å². The summed E-state index contributed by atoms with van der Waals surface area (Å²) in [4.78, 5) is 27.8. The molecule has 9 heteroatoms. The lowest BCUT2D eigenvalue weighted by molar-refractivity contribution is 0.0972. The zero-order valence-electron chi connectivity index (χ0n) is 25.6. The normalized spacial score (nSPS) is 18.3. The molecular weight excluding hydrogens is 554 g/mol. The van der Waals surface area contributed by atoms with E-state index in [1.807, 2.05) is 36.4 Å². The summed E-state index contributed by atoms with van der Waals surface area (Å²) in [5.41, 5.74) is 10.3. The number of anilines is 2. The molecule has 2 heterocycles. The largest absolute Gasteiger partial charge is 0.465 e. The fourth-order valence-electron chi connectivity index (χ4n) is 6.09. The number of rotatable bonds is 10. The maximum absolute atomic E-state index is 11.9. The lowest BCUT2D eigenvalue weighted by Gasteiger charge is -2.39. The Bertz CT molecular complexity index is 1250. The van der Waals surface area contributed by atoms with Crippen molar-refractivity contribution in [1.82, 2.24) is 14.7 Å². The smallest absolute Gasteiger partial charge is 0.407 e. The summed E-state index contributed by atoms with van der Waals surface area (Å²) in [6.07, 6.45) is 5.02. The summed E-state index contributed by atoms with van der Waals surface area (Å²) >= 11 is 0. The van der Waals surface area contributed by atoms with Crippen LogP contribution in [0.2, 0.25) is 0 Å². The van der Waals surface area contributed by atoms with Crippen LogP contribution in [0.15, 0.2) is 84.9 Å². The highest BCUT2D eigenvalue weighted by Crippen LogP contribution is 2.27. The van der Waals surface area contributed by atoms with Crippen LogP contribution in [0.25, 0.3) is 0 Å². The van der Waals surface area contributed by atoms with Gasteiger partial charge >= 0.3 is 12.2 Å². The number of benzene rings is 3. The molecule has 3 aromatic carbocycles. The molecule has 2 atom stereocenters. The first-order valence-corrected chi connectivity index (χ1v) is 15.8. The van der Waals surface area contributed by atoms with Crippen molar-refractivity contribution in [2.45, 2.75) is 70.1 Å². The number of para-hydroxylation sites is 2. The second-order valence-corrected chi connectivity index (χ2v) is 11.7. The Labute approximate surface area is 261 Å². The molecule has 5 N–H and O–H groups in total. The number of nitrogen functional groups attached to an aromatic ring is 1. The molecule has 0 radical (unpaired) electrons. The van der Waals surface area contributed by atoms with E-state index in [1.165, 1.54) is 22.4 Å². The van der Waals surface area contributed by atoms with E-state index in [0.29, 0.717) is 6.54 Å². The summed E-state index contributed by atoms with van der Waals surface area (Å²) in [6, 6.07) is 29.0. The van der Waals surface area contributed by atoms with Crippen LogP contribution in [-0.4, -0.2) is 75.4 Å². The minimum Gasteiger partial charge on any atom is -0.465 e. The summed E-state index contributed by atoms with van der Waals surface area (Å²) in [5, 5.41) is 21.8. The number of amides is 2. The first-order valence-electron chi connectivity index (χ1n) is 15.8. The molecule has 1 unspecified atom stereocenters. The Balaban J connectivity index is 0.000000421. The Morgan fingerprint density at radius 2 is 1.39 bits per heavy atom. The van der Waals surface area contributed by atoms with Crippen molar-refractivity contribution < 1.29 is 19.8 Å². The molecule has 0 aliphatic carbocycles. The van der Waals surface area contributed by atoms with Crippen LogP contribution in [-0.2, 0) is 13.1 Å². The Hall–Kier alpha value is -4.24. The van der Waals surface area contributed by atoms with Gasteiger partial charge in [-0.05, 0) is 74.8 Å². The number of likely N-dealkylation sites (tertiary alicyclic amines) is 2. The van der Waals surface area contributed by atoms with Gasteiger partial charge in [0.05, 0.1) is 11.4 Å². The van der Waals surface area contributed by atoms with Crippen molar-refractivity contribution in [2.24, 2.45) is 0 Å². The van der Waals surface area contributed by atoms with Gasteiger partial charge in [0.1, 0.15) is 0 Å². The fraction of sp³-hybridized carbons (Fsp3) is 0.429. The van der Waals surface area contributed by atoms with E-state index in [4.69, 9.17) is 10.8 Å². The number of hydrogen-bond acceptors (Lipinski definition) is 5. The molecular formula is C35H47N5O4. The van der Waals surface area contributed by atoms with Crippen LogP contribution in [0.5, 0.6) is 0 Å². The second-order valence-electron chi connectivity index (χ2n) is 11.7. The number of hydrogen-bond donors (Lipinski definition) is 4. The minimum absolute atomic E-state index is 0.000938. The zero-order chi connectivity index (χ0) is 31.1. The van der Waals surface area contributed by atoms with Crippen LogP contribution in [0.4, 0.5) is 21.0 Å². The van der Waals surface area contributed by atoms with Crippen molar-refractivity contribution in [3.8, 4) is 0 Å². The predicted molar refractivity (Wildman–Crippen MR) is 176 cm³/mol. The Morgan fingerprint density at radius 1 is 0.795 bits per heavy atom. The number of carboxylic acid groups (broad SMARTS) is 2. The van der Waals surface area contributed by atoms with Gasteiger partial charge in [-0.3, -0.25) is 4.90 Å². The molecule has 3 aromatic rings. The van der Waals surface area contributed by atoms with Gasteiger partial charge < -0.3 is 31.1 Å². The third kappa shape index (κ3) is 10.5. The molecule has 44 heavy (non-hydrogen) atoms. The lowest BCUT2D eigenvalue weighted by Crippen LogP contribution is -2.49. The van der Waals surface area contributed by atoms with Crippen LogP contribution in [0, 0.1) is 0 Å². The van der Waals surface area contributed by atoms with E-state index >= 15 is 0 Å². The number of nitrogens with one attached hydrogen (secondary N) is 1. The molecule has 0 bridgehead atoms. The Kier molecular flexibility index (Phi) is 12.7. The standard InChI is InChI=1S/C29H36N4O2.C6H11NO2/c30-27-15-7-8-16-28(27)31-25-17-19-33(29(34)35)26(20-25)14-9-18-32(21-23-10-3-1-4-11-23)22-24-12-5-2-6-13-24;8-6(9)7-4-2-1-3-5-7/h1-8,10-13,15-16,25-26,31H,9,14,17-22,30H2,(H,34,35);1-5H2,(H,8,9)/t25?,26-;/m0./s1. The topological polar surface area (TPSA) is 122 Å². The summed E-state index contributed by atoms with van der Waals surface area (Å²) in [7, 11) is 0. The quantitative estimate of drug-likeness (QED) is 0.188. The SMILES string of the molecule is Nc1ccccc1NC1CCN(C(=O)O)[C@@H](CCCN(Cc2ccccc2)Cc2ccccc2)C1.O=C(O)N1CCCCC1. The first-order chi connectivity index (χ1) is 21.4. The van der Waals surface area contributed by atoms with Crippen molar-refractivity contribution in [2.75, 3.05) is 37.2 Å². The van der Waals surface area contributed by atoms with E-state index in [2.05, 4.69) is 58.7 Å². The molecule has 2 aliphatic rings. The van der Waals surface area contributed by atoms with E-state index in [0.717, 1.165) is 82.6 Å². The Morgan fingerprint density at radius 3 is 1.93 bits per heavy atom. The summed E-state index contributed by atoms with van der Waals surface area (Å²) in [6.45, 7) is 4.67. The molecule has 2 amide bonds. The maximum atomic E-state index is 11.9. The molecule has 2 fully saturated rings. The summed E-state index contributed by atoms with van der Waals surface area (Å²) in [5.74, 6) is 0. The number of carbonyl (C=O) groups is 2. The highest BCUT2D eigenvalue weighted by molar-refractivity contribution is 5.67. The van der Waals surface area contributed by atoms with Crippen molar-refractivity contribution in [1.29, 1.82) is 0 Å². The number of piperidine rings is 2. The molecule has 0 spiro atoms. The van der Waals surface area contributed by atoms with E-state index in [1.54, 1.807) is 4.90 Å². The number of nitrogens with zero attached hydrogens (tertiary/aromatic N) is 3. The van der Waals surface area contributed by atoms with Gasteiger partial charge in [-0.25, -0.2) is 9.59 Å². The monoisotopic (exact) mass is 601 g/mol. The molecule has 5 rings (SSSR count). The molecule has 0 aromatic heterocycles. The second kappa shape index (κ2) is 17.2. The lowest BCUT2D eigenvalue weighted by atomic mass is 9.93. The third-order valence-electron chi connectivity index (χ3n) is 8.42. The van der Waals surface area contributed by atoms with Crippen LogP contribution < -0.4 is 11.1 Å². The molecule has 2 aliphatic heterocycles. The summed E-state index contributed by atoms with van der Waals surface area (Å²) < 4.78 is 0. The minimum atomic E-state index is -0.821.